The lowest BCUT2D eigenvalue weighted by Gasteiger charge is -2.37. The molecular formula is C36H35Br2N5O8. The number of amides is 5. The lowest BCUT2D eigenvalue weighted by Crippen LogP contribution is -2.50. The van der Waals surface area contributed by atoms with Gasteiger partial charge in [-0.25, -0.2) is 9.59 Å². The Labute approximate surface area is 311 Å². The van der Waals surface area contributed by atoms with Gasteiger partial charge in [-0.1, -0.05) is 18.2 Å². The third-order valence-electron chi connectivity index (χ3n) is 7.90. The Morgan fingerprint density at radius 2 is 1.69 bits per heavy atom. The Morgan fingerprint density at radius 1 is 1.02 bits per heavy atom. The number of para-hydroxylation sites is 1. The van der Waals surface area contributed by atoms with Gasteiger partial charge in [0.25, 0.3) is 11.8 Å². The number of phenols is 1. The van der Waals surface area contributed by atoms with Crippen LogP contribution in [0, 0.1) is 0 Å². The second-order valence-corrected chi connectivity index (χ2v) is 13.0. The first-order chi connectivity index (χ1) is 24.5. The van der Waals surface area contributed by atoms with Crippen molar-refractivity contribution in [2.45, 2.75) is 57.6 Å². The summed E-state index contributed by atoms with van der Waals surface area (Å²) in [6.45, 7) is 3.10. The maximum Gasteiger partial charge on any atom is 0.410 e. The van der Waals surface area contributed by atoms with Gasteiger partial charge in [0.15, 0.2) is 6.10 Å². The number of urea groups is 1. The summed E-state index contributed by atoms with van der Waals surface area (Å²) in [7, 11) is 0. The Balaban J connectivity index is 1.39. The summed E-state index contributed by atoms with van der Waals surface area (Å²) in [4.78, 5) is 73.0. The highest BCUT2D eigenvalue weighted by Crippen LogP contribution is 2.34. The molecule has 2 N–H and O–H groups in total. The lowest BCUT2D eigenvalue weighted by atomic mass is 10.0. The zero-order valence-corrected chi connectivity index (χ0v) is 30.9. The van der Waals surface area contributed by atoms with Crippen LogP contribution in [0.3, 0.4) is 0 Å². The summed E-state index contributed by atoms with van der Waals surface area (Å²) in [6, 6.07) is 10.7. The molecular weight excluding hydrogens is 790 g/mol. The molecule has 2 heterocycles. The van der Waals surface area contributed by atoms with Crippen molar-refractivity contribution < 1.29 is 38.6 Å². The number of phenolic OH excluding ortho intramolecular Hbond substituents is 1. The number of hydrogen-bond donors (Lipinski definition) is 2. The van der Waals surface area contributed by atoms with Crippen molar-refractivity contribution in [1.82, 2.24) is 9.80 Å². The quantitative estimate of drug-likeness (QED) is 0.134. The number of carbonyl (C=O) groups excluding carboxylic acids is 5. The summed E-state index contributed by atoms with van der Waals surface area (Å²) >= 11 is 6.55. The minimum Gasteiger partial charge on any atom is -0.506 e. The van der Waals surface area contributed by atoms with Crippen LogP contribution in [0.25, 0.3) is 0 Å². The fraction of sp³-hybridized carbons (Fsp3) is 0.361. The fourth-order valence-electron chi connectivity index (χ4n) is 5.33. The van der Waals surface area contributed by atoms with Crippen LogP contribution in [0.15, 0.2) is 78.9 Å². The number of halogens is 2. The molecule has 1 fully saturated rings. The first kappa shape index (κ1) is 38.8. The minimum atomic E-state index is -1.33. The highest BCUT2D eigenvalue weighted by molar-refractivity contribution is 9.11. The van der Waals surface area contributed by atoms with E-state index in [1.807, 2.05) is 29.2 Å². The molecule has 1 saturated heterocycles. The molecule has 2 aromatic carbocycles. The monoisotopic (exact) mass is 823 g/mol. The van der Waals surface area contributed by atoms with Gasteiger partial charge < -0.3 is 29.7 Å². The molecule has 2 aliphatic heterocycles. The van der Waals surface area contributed by atoms with E-state index in [0.717, 1.165) is 17.7 Å². The number of nitrogens with one attached hydrogen (secondary N) is 1. The van der Waals surface area contributed by atoms with E-state index in [-0.39, 0.29) is 43.7 Å². The van der Waals surface area contributed by atoms with Crippen molar-refractivity contribution in [1.29, 1.82) is 0 Å². The number of carbonyl (C=O) groups is 5. The van der Waals surface area contributed by atoms with Gasteiger partial charge in [-0.2, -0.15) is 9.98 Å². The van der Waals surface area contributed by atoms with Crippen molar-refractivity contribution in [3.63, 3.8) is 0 Å². The molecule has 5 amide bonds. The summed E-state index contributed by atoms with van der Waals surface area (Å²) in [6.07, 6.45) is 2.11. The molecule has 0 unspecified atom stereocenters. The molecule has 4 rings (SSSR count). The van der Waals surface area contributed by atoms with Crippen molar-refractivity contribution in [2.24, 2.45) is 9.98 Å². The molecule has 15 heteroatoms. The molecule has 51 heavy (non-hydrogen) atoms. The van der Waals surface area contributed by atoms with E-state index < -0.39 is 30.0 Å². The zero-order valence-electron chi connectivity index (χ0n) is 27.7. The number of nitrogens with zero attached hydrogens (tertiary/aromatic N) is 4. The first-order valence-electron chi connectivity index (χ1n) is 16.1. The van der Waals surface area contributed by atoms with Crippen LogP contribution < -0.4 is 5.32 Å². The second kappa shape index (κ2) is 19.4. The van der Waals surface area contributed by atoms with Crippen LogP contribution in [-0.2, 0) is 36.7 Å². The fourth-order valence-corrected chi connectivity index (χ4v) is 6.61. The van der Waals surface area contributed by atoms with E-state index in [1.54, 1.807) is 19.1 Å². The predicted molar refractivity (Wildman–Crippen MR) is 195 cm³/mol. The molecule has 0 spiro atoms. The number of likely N-dealkylation sites (tertiary alicyclic amines) is 1. The van der Waals surface area contributed by atoms with Crippen LogP contribution in [0.1, 0.15) is 43.7 Å². The summed E-state index contributed by atoms with van der Waals surface area (Å²) in [5, 5.41) is 13.1. The third kappa shape index (κ3) is 11.8. The predicted octanol–water partition coefficient (Wildman–Crippen LogP) is 5.68. The molecule has 2 aromatic rings. The number of ether oxygens (including phenoxy) is 2. The van der Waals surface area contributed by atoms with E-state index in [4.69, 9.17) is 9.47 Å². The number of benzene rings is 2. The highest BCUT2D eigenvalue weighted by Gasteiger charge is 2.33. The molecule has 2 aliphatic rings. The minimum absolute atomic E-state index is 0.0252. The Morgan fingerprint density at radius 3 is 2.37 bits per heavy atom. The van der Waals surface area contributed by atoms with Crippen LogP contribution in [0.4, 0.5) is 15.3 Å². The first-order valence-corrected chi connectivity index (χ1v) is 17.7. The van der Waals surface area contributed by atoms with Crippen molar-refractivity contribution in [3.8, 4) is 5.75 Å². The topological polar surface area (TPSA) is 167 Å². The standard InChI is InChI=1S/C36H35Br2N5O8/c1-2-50-32(45)12-11-31(44)39-16-7-3-4-8-17-40-34(47)30(23-24-21-27(37)33(46)28(38)22-24)51-36(49)42-18-14-26(15-19-42)43-20-13-25-9-5-6-10-29(25)41-35(43)48/h3-6,9-10,21-22,26,30,46H,2,11-15,18-20,23H2,1H3,(H,41,48)/t30-/m1/s1. The number of anilines is 1. The lowest BCUT2D eigenvalue weighted by molar-refractivity contribution is -0.144. The van der Waals surface area contributed by atoms with Crippen LogP contribution in [0.2, 0.25) is 0 Å². The van der Waals surface area contributed by atoms with Crippen LogP contribution in [0.5, 0.6) is 5.75 Å². The second-order valence-electron chi connectivity index (χ2n) is 11.3. The van der Waals surface area contributed by atoms with Gasteiger partial charge in [-0.15, -0.1) is 0 Å². The average molecular weight is 826 g/mol. The van der Waals surface area contributed by atoms with Crippen molar-refractivity contribution >= 4 is 79.2 Å². The molecule has 1 atom stereocenters. The Hall–Kier alpha value is -4.99. The van der Waals surface area contributed by atoms with Crippen molar-refractivity contribution in [2.75, 3.05) is 31.6 Å². The summed E-state index contributed by atoms with van der Waals surface area (Å²) in [5.41, 5.74) is 7.46. The number of aromatic hydroxyl groups is 1. The SMILES string of the molecule is CCOC(=O)CCC(=O)N=C=C=CC=C=C=NC(=O)[C@@H](Cc1cc(Br)c(O)c(Br)c1)OC(=O)N1CCC(N2CCc3ccccc3NC2=O)CC1. The molecule has 0 saturated carbocycles. The zero-order chi connectivity index (χ0) is 36.8. The van der Waals surface area contributed by atoms with Gasteiger partial charge in [0.2, 0.25) is 0 Å². The summed E-state index contributed by atoms with van der Waals surface area (Å²) in [5.74, 6) is 2.77. The number of fused-ring (bicyclic) bond motifs is 1. The van der Waals surface area contributed by atoms with Gasteiger partial charge >= 0.3 is 18.1 Å². The Bertz CT molecular complexity index is 1840. The van der Waals surface area contributed by atoms with Gasteiger partial charge in [0.1, 0.15) is 5.75 Å². The molecule has 0 bridgehead atoms. The molecule has 0 aliphatic carbocycles. The number of piperidine rings is 1. The average Bonchev–Trinajstić information content (AvgIpc) is 3.28. The summed E-state index contributed by atoms with van der Waals surface area (Å²) < 4.78 is 11.2. The number of allylic oxidation sites excluding steroid dienone is 2. The largest absolute Gasteiger partial charge is 0.506 e. The van der Waals surface area contributed by atoms with E-state index in [1.165, 1.54) is 17.1 Å². The number of esters is 1. The highest BCUT2D eigenvalue weighted by atomic mass is 79.9. The molecule has 13 nitrogen and oxygen atoms in total. The number of rotatable bonds is 10. The van der Waals surface area contributed by atoms with Gasteiger partial charge in [0.05, 0.1) is 22.0 Å². The van der Waals surface area contributed by atoms with Crippen molar-refractivity contribution in [3.05, 3.63) is 80.1 Å². The molecule has 266 valence electrons. The normalized spacial score (nSPS) is 14.5. The van der Waals surface area contributed by atoms with E-state index >= 15 is 0 Å². The van der Waals surface area contributed by atoms with Crippen LogP contribution >= 0.6 is 31.9 Å². The number of aliphatic imine (C=N–C) groups is 2. The maximum atomic E-state index is 13.3. The van der Waals surface area contributed by atoms with Gasteiger partial charge in [0, 0.05) is 55.9 Å². The van der Waals surface area contributed by atoms with Crippen LogP contribution in [-0.4, -0.2) is 94.9 Å². The van der Waals surface area contributed by atoms with E-state index in [0.29, 0.717) is 47.0 Å². The van der Waals surface area contributed by atoms with Gasteiger partial charge in [-0.05, 0) is 111 Å². The number of hydrogen-bond acceptors (Lipinski definition) is 8. The van der Waals surface area contributed by atoms with E-state index in [2.05, 4.69) is 70.4 Å². The molecule has 0 aromatic heterocycles. The maximum absolute atomic E-state index is 13.3. The molecule has 0 radical (unpaired) electrons. The Kier molecular flexibility index (Phi) is 14.8. The van der Waals surface area contributed by atoms with Gasteiger partial charge in [-0.3, -0.25) is 14.4 Å². The van der Waals surface area contributed by atoms with E-state index in [9.17, 15) is 29.1 Å². The third-order valence-corrected chi connectivity index (χ3v) is 9.10. The smallest absolute Gasteiger partial charge is 0.410 e.